The summed E-state index contributed by atoms with van der Waals surface area (Å²) in [4.78, 5) is 11.2. The molecule has 1 aliphatic rings. The fraction of sp³-hybridized carbons (Fsp3) is 0.462. The first-order chi connectivity index (χ1) is 8.13. The van der Waals surface area contributed by atoms with Crippen molar-refractivity contribution >= 4 is 5.97 Å². The maximum absolute atomic E-state index is 11.2. The molecule has 2 N–H and O–H groups in total. The summed E-state index contributed by atoms with van der Waals surface area (Å²) in [6, 6.07) is 5.90. The highest BCUT2D eigenvalue weighted by molar-refractivity contribution is 5.72. The largest absolute Gasteiger partial charge is 0.496 e. The molecule has 0 spiro atoms. The van der Waals surface area contributed by atoms with Gasteiger partial charge in [-0.15, -0.1) is 0 Å². The van der Waals surface area contributed by atoms with Crippen LogP contribution in [0.1, 0.15) is 17.0 Å². The van der Waals surface area contributed by atoms with Gasteiger partial charge in [0.25, 0.3) is 0 Å². The molecule has 1 saturated heterocycles. The molecule has 2 rings (SSSR count). The average molecular weight is 235 g/mol. The molecule has 0 aliphatic carbocycles. The Morgan fingerprint density at radius 1 is 1.47 bits per heavy atom. The van der Waals surface area contributed by atoms with Gasteiger partial charge in [-0.2, -0.15) is 0 Å². The van der Waals surface area contributed by atoms with Crippen molar-refractivity contribution in [3.05, 3.63) is 29.3 Å². The van der Waals surface area contributed by atoms with Crippen molar-refractivity contribution in [2.45, 2.75) is 12.8 Å². The van der Waals surface area contributed by atoms with E-state index in [9.17, 15) is 9.90 Å². The summed E-state index contributed by atoms with van der Waals surface area (Å²) in [6.45, 7) is 3.22. The lowest BCUT2D eigenvalue weighted by molar-refractivity contribution is -0.141. The molecule has 0 saturated carbocycles. The number of carboxylic acid groups (broad SMARTS) is 1. The van der Waals surface area contributed by atoms with E-state index in [1.807, 2.05) is 25.1 Å². The second-order valence-electron chi connectivity index (χ2n) is 4.45. The molecule has 4 heteroatoms. The van der Waals surface area contributed by atoms with Crippen molar-refractivity contribution in [1.82, 2.24) is 5.32 Å². The van der Waals surface area contributed by atoms with Crippen molar-refractivity contribution in [2.75, 3.05) is 20.2 Å². The first-order valence-electron chi connectivity index (χ1n) is 5.71. The zero-order valence-electron chi connectivity index (χ0n) is 10.1. The van der Waals surface area contributed by atoms with Gasteiger partial charge in [0.2, 0.25) is 0 Å². The van der Waals surface area contributed by atoms with Crippen molar-refractivity contribution in [1.29, 1.82) is 0 Å². The molecule has 0 aromatic heterocycles. The van der Waals surface area contributed by atoms with Crippen molar-refractivity contribution in [3.8, 4) is 5.75 Å². The Bertz CT molecular complexity index is 431. The molecule has 0 bridgehead atoms. The van der Waals surface area contributed by atoms with Crippen LogP contribution in [0.3, 0.4) is 0 Å². The van der Waals surface area contributed by atoms with Crippen LogP contribution in [0.25, 0.3) is 0 Å². The van der Waals surface area contributed by atoms with E-state index in [2.05, 4.69) is 5.32 Å². The van der Waals surface area contributed by atoms with Gasteiger partial charge in [0.15, 0.2) is 0 Å². The van der Waals surface area contributed by atoms with Crippen LogP contribution in [-0.2, 0) is 4.79 Å². The molecule has 1 aliphatic heterocycles. The molecule has 17 heavy (non-hydrogen) atoms. The lowest BCUT2D eigenvalue weighted by atomic mass is 9.87. The minimum Gasteiger partial charge on any atom is -0.496 e. The normalized spacial score (nSPS) is 23.6. The molecule has 1 aromatic carbocycles. The van der Waals surface area contributed by atoms with Crippen LogP contribution in [0, 0.1) is 12.8 Å². The number of methoxy groups -OCH3 is 1. The quantitative estimate of drug-likeness (QED) is 0.831. The SMILES string of the molecule is COc1ccc(C)cc1C1CNCC1C(=O)O. The topological polar surface area (TPSA) is 58.6 Å². The van der Waals surface area contributed by atoms with Crippen LogP contribution in [-0.4, -0.2) is 31.3 Å². The maximum Gasteiger partial charge on any atom is 0.308 e. The Balaban J connectivity index is 2.38. The van der Waals surface area contributed by atoms with Gasteiger partial charge >= 0.3 is 5.97 Å². The Morgan fingerprint density at radius 3 is 2.88 bits per heavy atom. The van der Waals surface area contributed by atoms with Crippen LogP contribution in [0.15, 0.2) is 18.2 Å². The second kappa shape index (κ2) is 4.75. The third-order valence-electron chi connectivity index (χ3n) is 3.32. The van der Waals surface area contributed by atoms with Crippen molar-refractivity contribution < 1.29 is 14.6 Å². The molecule has 2 atom stereocenters. The van der Waals surface area contributed by atoms with E-state index >= 15 is 0 Å². The molecule has 1 aromatic rings. The number of carbonyl (C=O) groups is 1. The highest BCUT2D eigenvalue weighted by Gasteiger charge is 2.35. The van der Waals surface area contributed by atoms with Gasteiger partial charge in [-0.05, 0) is 18.6 Å². The average Bonchev–Trinajstić information content (AvgIpc) is 2.77. The summed E-state index contributed by atoms with van der Waals surface area (Å²) in [5.41, 5.74) is 2.11. The highest BCUT2D eigenvalue weighted by Crippen LogP contribution is 2.35. The van der Waals surface area contributed by atoms with Crippen molar-refractivity contribution in [2.24, 2.45) is 5.92 Å². The number of aryl methyl sites for hydroxylation is 1. The Hall–Kier alpha value is -1.55. The third-order valence-corrected chi connectivity index (χ3v) is 3.32. The highest BCUT2D eigenvalue weighted by atomic mass is 16.5. The van der Waals surface area contributed by atoms with E-state index in [0.717, 1.165) is 16.9 Å². The Labute approximate surface area is 101 Å². The van der Waals surface area contributed by atoms with E-state index in [1.54, 1.807) is 7.11 Å². The van der Waals surface area contributed by atoms with Crippen LogP contribution in [0.4, 0.5) is 0 Å². The van der Waals surface area contributed by atoms with Gasteiger partial charge < -0.3 is 15.2 Å². The second-order valence-corrected chi connectivity index (χ2v) is 4.45. The van der Waals surface area contributed by atoms with Gasteiger partial charge in [-0.3, -0.25) is 4.79 Å². The summed E-state index contributed by atoms with van der Waals surface area (Å²) < 4.78 is 5.32. The van der Waals surface area contributed by atoms with E-state index in [4.69, 9.17) is 4.74 Å². The zero-order chi connectivity index (χ0) is 12.4. The van der Waals surface area contributed by atoms with Crippen LogP contribution in [0.2, 0.25) is 0 Å². The predicted molar refractivity (Wildman–Crippen MR) is 64.5 cm³/mol. The number of ether oxygens (including phenoxy) is 1. The third kappa shape index (κ3) is 2.26. The van der Waals surface area contributed by atoms with Gasteiger partial charge in [-0.25, -0.2) is 0 Å². The molecular weight excluding hydrogens is 218 g/mol. The molecule has 0 radical (unpaired) electrons. The Morgan fingerprint density at radius 2 is 2.24 bits per heavy atom. The summed E-state index contributed by atoms with van der Waals surface area (Å²) in [5, 5.41) is 12.3. The van der Waals surface area contributed by atoms with Crippen LogP contribution in [0.5, 0.6) is 5.75 Å². The fourth-order valence-corrected chi connectivity index (χ4v) is 2.41. The molecule has 1 heterocycles. The molecule has 92 valence electrons. The zero-order valence-corrected chi connectivity index (χ0v) is 10.1. The number of rotatable bonds is 3. The van der Waals surface area contributed by atoms with Crippen molar-refractivity contribution in [3.63, 3.8) is 0 Å². The first-order valence-corrected chi connectivity index (χ1v) is 5.71. The van der Waals surface area contributed by atoms with Gasteiger partial charge in [0, 0.05) is 19.0 Å². The fourth-order valence-electron chi connectivity index (χ4n) is 2.41. The number of nitrogens with one attached hydrogen (secondary N) is 1. The smallest absolute Gasteiger partial charge is 0.308 e. The lowest BCUT2D eigenvalue weighted by Gasteiger charge is -2.18. The number of carboxylic acids is 1. The Kier molecular flexibility index (Phi) is 3.33. The molecular formula is C13H17NO3. The van der Waals surface area contributed by atoms with E-state index < -0.39 is 5.97 Å². The molecule has 4 nitrogen and oxygen atoms in total. The number of aliphatic carboxylic acids is 1. The van der Waals surface area contributed by atoms with E-state index in [1.165, 1.54) is 0 Å². The predicted octanol–water partition coefficient (Wildman–Crippen LogP) is 1.39. The summed E-state index contributed by atoms with van der Waals surface area (Å²) in [7, 11) is 1.62. The summed E-state index contributed by atoms with van der Waals surface area (Å²) >= 11 is 0. The summed E-state index contributed by atoms with van der Waals surface area (Å²) in [5.74, 6) is -0.354. The standard InChI is InChI=1S/C13H17NO3/c1-8-3-4-12(17-2)9(5-8)10-6-14-7-11(10)13(15)16/h3-5,10-11,14H,6-7H2,1-2H3,(H,15,16). The number of hydrogen-bond donors (Lipinski definition) is 2. The number of benzene rings is 1. The lowest BCUT2D eigenvalue weighted by Crippen LogP contribution is -2.21. The van der Waals surface area contributed by atoms with Gasteiger partial charge in [-0.1, -0.05) is 17.7 Å². The van der Waals surface area contributed by atoms with E-state index in [-0.39, 0.29) is 11.8 Å². The first kappa shape index (κ1) is 11.9. The monoisotopic (exact) mass is 235 g/mol. The van der Waals surface area contributed by atoms with Crippen LogP contribution >= 0.6 is 0 Å². The number of hydrogen-bond acceptors (Lipinski definition) is 3. The summed E-state index contributed by atoms with van der Waals surface area (Å²) in [6.07, 6.45) is 0. The molecule has 1 fully saturated rings. The van der Waals surface area contributed by atoms with Gasteiger partial charge in [0.05, 0.1) is 13.0 Å². The van der Waals surface area contributed by atoms with Gasteiger partial charge in [0.1, 0.15) is 5.75 Å². The molecule has 2 unspecified atom stereocenters. The minimum atomic E-state index is -0.747. The molecule has 0 amide bonds. The van der Waals surface area contributed by atoms with Crippen LogP contribution < -0.4 is 10.1 Å². The van der Waals surface area contributed by atoms with E-state index in [0.29, 0.717) is 13.1 Å². The minimum absolute atomic E-state index is 0.0117. The maximum atomic E-state index is 11.2.